The molecule has 0 radical (unpaired) electrons. The van der Waals surface area contributed by atoms with E-state index in [1.54, 1.807) is 0 Å². The number of nitrogens with one attached hydrogen (secondary N) is 1. The van der Waals surface area contributed by atoms with Crippen LogP contribution in [0.3, 0.4) is 0 Å². The molecule has 0 aliphatic heterocycles. The Morgan fingerprint density at radius 1 is 1.25 bits per heavy atom. The fraction of sp³-hybridized carbons (Fsp3) is 0.308. The Labute approximate surface area is 100 Å². The lowest BCUT2D eigenvalue weighted by molar-refractivity contribution is 0.985. The number of rotatable bonds is 5. The lowest BCUT2D eigenvalue weighted by atomic mass is 10.1. The number of hydrogen-bond donors (Lipinski definition) is 1. The van der Waals surface area contributed by atoms with Crippen molar-refractivity contribution in [2.24, 2.45) is 0 Å². The molecule has 0 saturated heterocycles. The summed E-state index contributed by atoms with van der Waals surface area (Å²) in [4.78, 5) is 4.39. The van der Waals surface area contributed by atoms with E-state index in [9.17, 15) is 0 Å². The quantitative estimate of drug-likeness (QED) is 0.800. The summed E-state index contributed by atoms with van der Waals surface area (Å²) in [5.41, 5.74) is 0. The Kier molecular flexibility index (Phi) is 4.05. The molecule has 2 aromatic rings. The molecule has 2 nitrogen and oxygen atoms in total. The predicted molar refractivity (Wildman–Crippen MR) is 73.2 cm³/mol. The first-order valence-electron chi connectivity index (χ1n) is 5.48. The van der Waals surface area contributed by atoms with Crippen LogP contribution >= 0.6 is 11.8 Å². The summed E-state index contributed by atoms with van der Waals surface area (Å²) in [6.07, 6.45) is 5.17. The van der Waals surface area contributed by atoms with Crippen LogP contribution in [0.1, 0.15) is 6.42 Å². The molecule has 1 N–H and O–H groups in total. The third-order valence-electron chi connectivity index (χ3n) is 2.49. The monoisotopic (exact) mass is 232 g/mol. The summed E-state index contributed by atoms with van der Waals surface area (Å²) in [6.45, 7) is 0.988. The molecule has 84 valence electrons. The van der Waals surface area contributed by atoms with Gasteiger partial charge in [0.1, 0.15) is 5.82 Å². The second-order valence-electron chi connectivity index (χ2n) is 3.65. The summed E-state index contributed by atoms with van der Waals surface area (Å²) in [7, 11) is 0. The van der Waals surface area contributed by atoms with Crippen molar-refractivity contribution in [3.05, 3.63) is 36.5 Å². The molecule has 2 rings (SSSR count). The van der Waals surface area contributed by atoms with Crippen LogP contribution in [0.15, 0.2) is 36.5 Å². The summed E-state index contributed by atoms with van der Waals surface area (Å²) >= 11 is 1.88. The number of nitrogens with zero attached hydrogens (tertiary/aromatic N) is 1. The average Bonchev–Trinajstić information content (AvgIpc) is 2.35. The van der Waals surface area contributed by atoms with E-state index >= 15 is 0 Å². The van der Waals surface area contributed by atoms with E-state index in [2.05, 4.69) is 40.8 Å². The first-order chi connectivity index (χ1) is 7.92. The van der Waals surface area contributed by atoms with Gasteiger partial charge in [0, 0.05) is 18.1 Å². The molecule has 3 heteroatoms. The van der Waals surface area contributed by atoms with Crippen LogP contribution in [0, 0.1) is 0 Å². The first-order valence-corrected chi connectivity index (χ1v) is 6.88. The van der Waals surface area contributed by atoms with Crippen LogP contribution < -0.4 is 5.32 Å². The van der Waals surface area contributed by atoms with Crippen molar-refractivity contribution < 1.29 is 0 Å². The number of pyridine rings is 1. The van der Waals surface area contributed by atoms with Gasteiger partial charge in [0.2, 0.25) is 0 Å². The molecule has 0 bridgehead atoms. The molecule has 0 amide bonds. The van der Waals surface area contributed by atoms with Crippen LogP contribution in [-0.4, -0.2) is 23.5 Å². The fourth-order valence-corrected chi connectivity index (χ4v) is 2.12. The Morgan fingerprint density at radius 3 is 3.00 bits per heavy atom. The minimum atomic E-state index is 0.988. The molecule has 0 aliphatic rings. The molecule has 0 fully saturated rings. The third kappa shape index (κ3) is 2.67. The number of anilines is 1. The topological polar surface area (TPSA) is 24.9 Å². The number of benzene rings is 1. The molecule has 0 unspecified atom stereocenters. The Morgan fingerprint density at radius 2 is 2.12 bits per heavy atom. The second-order valence-corrected chi connectivity index (χ2v) is 4.64. The molecular formula is C13H16N2S. The van der Waals surface area contributed by atoms with Gasteiger partial charge in [-0.05, 0) is 29.9 Å². The number of hydrogen-bond acceptors (Lipinski definition) is 3. The summed E-state index contributed by atoms with van der Waals surface area (Å²) in [5, 5.41) is 5.84. The van der Waals surface area contributed by atoms with E-state index < -0.39 is 0 Å². The minimum absolute atomic E-state index is 0.988. The maximum atomic E-state index is 4.39. The zero-order valence-corrected chi connectivity index (χ0v) is 10.3. The van der Waals surface area contributed by atoms with E-state index in [1.165, 1.54) is 22.9 Å². The van der Waals surface area contributed by atoms with Gasteiger partial charge in [-0.3, -0.25) is 0 Å². The lowest BCUT2D eigenvalue weighted by Gasteiger charge is -2.07. The Hall–Kier alpha value is -1.22. The van der Waals surface area contributed by atoms with Gasteiger partial charge in [0.15, 0.2) is 0 Å². The predicted octanol–water partition coefficient (Wildman–Crippen LogP) is 3.40. The largest absolute Gasteiger partial charge is 0.370 e. The fourth-order valence-electron chi connectivity index (χ4n) is 1.68. The molecule has 16 heavy (non-hydrogen) atoms. The van der Waals surface area contributed by atoms with E-state index in [-0.39, 0.29) is 0 Å². The zero-order chi connectivity index (χ0) is 11.2. The zero-order valence-electron chi connectivity index (χ0n) is 9.44. The summed E-state index contributed by atoms with van der Waals surface area (Å²) < 4.78 is 0. The van der Waals surface area contributed by atoms with Gasteiger partial charge in [-0.1, -0.05) is 24.3 Å². The SMILES string of the molecule is CSCCCNc1nccc2ccccc12. The van der Waals surface area contributed by atoms with E-state index in [0.717, 1.165) is 12.4 Å². The molecule has 1 aromatic heterocycles. The highest BCUT2D eigenvalue weighted by Crippen LogP contribution is 2.20. The number of thioether (sulfide) groups is 1. The second kappa shape index (κ2) is 5.75. The standard InChI is InChI=1S/C13H16N2S/c1-16-10-4-8-14-13-12-6-3-2-5-11(12)7-9-15-13/h2-3,5-7,9H,4,8,10H2,1H3,(H,14,15). The van der Waals surface area contributed by atoms with Crippen molar-refractivity contribution in [1.82, 2.24) is 4.98 Å². The van der Waals surface area contributed by atoms with Crippen molar-refractivity contribution >= 4 is 28.4 Å². The number of fused-ring (bicyclic) bond motifs is 1. The summed E-state index contributed by atoms with van der Waals surface area (Å²) in [6, 6.07) is 10.4. The van der Waals surface area contributed by atoms with Crippen molar-refractivity contribution in [1.29, 1.82) is 0 Å². The Balaban J connectivity index is 2.11. The highest BCUT2D eigenvalue weighted by Gasteiger charge is 1.99. The summed E-state index contributed by atoms with van der Waals surface area (Å²) in [5.74, 6) is 2.19. The van der Waals surface area contributed by atoms with Crippen molar-refractivity contribution in [3.8, 4) is 0 Å². The van der Waals surface area contributed by atoms with Gasteiger partial charge in [-0.2, -0.15) is 11.8 Å². The van der Waals surface area contributed by atoms with Crippen molar-refractivity contribution in [3.63, 3.8) is 0 Å². The van der Waals surface area contributed by atoms with Crippen LogP contribution in [0.25, 0.3) is 10.8 Å². The van der Waals surface area contributed by atoms with Crippen LogP contribution in [0.2, 0.25) is 0 Å². The van der Waals surface area contributed by atoms with Crippen LogP contribution in [-0.2, 0) is 0 Å². The maximum absolute atomic E-state index is 4.39. The van der Waals surface area contributed by atoms with Crippen molar-refractivity contribution in [2.45, 2.75) is 6.42 Å². The van der Waals surface area contributed by atoms with Gasteiger partial charge < -0.3 is 5.32 Å². The van der Waals surface area contributed by atoms with E-state index in [4.69, 9.17) is 0 Å². The van der Waals surface area contributed by atoms with Gasteiger partial charge in [-0.15, -0.1) is 0 Å². The number of aromatic nitrogens is 1. The molecule has 0 atom stereocenters. The van der Waals surface area contributed by atoms with Gasteiger partial charge in [0.25, 0.3) is 0 Å². The van der Waals surface area contributed by atoms with E-state index in [0.29, 0.717) is 0 Å². The van der Waals surface area contributed by atoms with E-state index in [1.807, 2.05) is 24.0 Å². The smallest absolute Gasteiger partial charge is 0.133 e. The molecule has 0 aliphatic carbocycles. The average molecular weight is 232 g/mol. The molecular weight excluding hydrogens is 216 g/mol. The normalized spacial score (nSPS) is 10.6. The van der Waals surface area contributed by atoms with Gasteiger partial charge >= 0.3 is 0 Å². The first kappa shape index (κ1) is 11.3. The van der Waals surface area contributed by atoms with Crippen LogP contribution in [0.5, 0.6) is 0 Å². The van der Waals surface area contributed by atoms with Crippen LogP contribution in [0.4, 0.5) is 5.82 Å². The lowest BCUT2D eigenvalue weighted by Crippen LogP contribution is -2.04. The third-order valence-corrected chi connectivity index (χ3v) is 3.19. The van der Waals surface area contributed by atoms with Crippen molar-refractivity contribution in [2.75, 3.05) is 23.9 Å². The van der Waals surface area contributed by atoms with Gasteiger partial charge in [-0.25, -0.2) is 4.98 Å². The Bertz CT molecular complexity index is 451. The van der Waals surface area contributed by atoms with Gasteiger partial charge in [0.05, 0.1) is 0 Å². The minimum Gasteiger partial charge on any atom is -0.370 e. The molecule has 0 saturated carbocycles. The highest BCUT2D eigenvalue weighted by atomic mass is 32.2. The molecule has 0 spiro atoms. The molecule has 1 aromatic carbocycles. The highest BCUT2D eigenvalue weighted by molar-refractivity contribution is 7.98. The maximum Gasteiger partial charge on any atom is 0.133 e. The molecule has 1 heterocycles.